The van der Waals surface area contributed by atoms with Gasteiger partial charge >= 0.3 is 0 Å². The normalized spacial score (nSPS) is 11.6. The quantitative estimate of drug-likeness (QED) is 0.780. The van der Waals surface area contributed by atoms with Gasteiger partial charge in [0.25, 0.3) is 0 Å². The predicted molar refractivity (Wildman–Crippen MR) is 88.1 cm³/mol. The molecule has 0 amide bonds. The third kappa shape index (κ3) is 3.02. The van der Waals surface area contributed by atoms with E-state index in [2.05, 4.69) is 4.98 Å². The lowest BCUT2D eigenvalue weighted by atomic mass is 9.86. The van der Waals surface area contributed by atoms with Crippen molar-refractivity contribution in [3.63, 3.8) is 0 Å². The van der Waals surface area contributed by atoms with Crippen LogP contribution in [0.15, 0.2) is 67.3 Å². The number of aromatic nitrogens is 2. The van der Waals surface area contributed by atoms with Crippen molar-refractivity contribution in [2.45, 2.75) is 12.1 Å². The summed E-state index contributed by atoms with van der Waals surface area (Å²) in [4.78, 5) is 4.03. The summed E-state index contributed by atoms with van der Waals surface area (Å²) < 4.78 is 1.82. The van der Waals surface area contributed by atoms with Crippen LogP contribution < -0.4 is 0 Å². The number of hydrogen-bond donors (Lipinski definition) is 1. The molecule has 0 atom stereocenters. The molecule has 0 saturated carbocycles. The second-order valence-electron chi connectivity index (χ2n) is 5.12. The van der Waals surface area contributed by atoms with Gasteiger partial charge in [-0.25, -0.2) is 4.98 Å². The Morgan fingerprint density at radius 1 is 1.00 bits per heavy atom. The lowest BCUT2D eigenvalue weighted by Crippen LogP contribution is -2.32. The molecule has 0 aliphatic carbocycles. The first-order valence-electron chi connectivity index (χ1n) is 6.78. The molecule has 0 spiro atoms. The van der Waals surface area contributed by atoms with Crippen LogP contribution in [0.5, 0.6) is 0 Å². The maximum absolute atomic E-state index is 11.4. The minimum atomic E-state index is -1.25. The molecule has 5 heteroatoms. The lowest BCUT2D eigenvalue weighted by Gasteiger charge is -2.30. The van der Waals surface area contributed by atoms with Gasteiger partial charge in [0.05, 0.1) is 12.9 Å². The second-order valence-corrected chi connectivity index (χ2v) is 5.99. The minimum Gasteiger partial charge on any atom is -0.378 e. The van der Waals surface area contributed by atoms with Gasteiger partial charge < -0.3 is 9.67 Å². The van der Waals surface area contributed by atoms with Crippen LogP contribution in [0.4, 0.5) is 0 Å². The smallest absolute Gasteiger partial charge is 0.133 e. The number of hydrogen-bond acceptors (Lipinski definition) is 2. The van der Waals surface area contributed by atoms with Crippen molar-refractivity contribution in [2.24, 2.45) is 0 Å². The van der Waals surface area contributed by atoms with Gasteiger partial charge in [0.2, 0.25) is 0 Å². The summed E-state index contributed by atoms with van der Waals surface area (Å²) in [7, 11) is 0. The van der Waals surface area contributed by atoms with Crippen LogP contribution in [0.25, 0.3) is 0 Å². The second kappa shape index (κ2) is 6.13. The van der Waals surface area contributed by atoms with Gasteiger partial charge in [0.1, 0.15) is 5.60 Å². The third-order valence-electron chi connectivity index (χ3n) is 3.57. The highest BCUT2D eigenvalue weighted by Crippen LogP contribution is 2.34. The van der Waals surface area contributed by atoms with Crippen LogP contribution in [0.2, 0.25) is 10.0 Å². The minimum absolute atomic E-state index is 0.313. The standard InChI is InChI=1S/C17H14Cl2N2O/c18-15-5-1-3-13(9-15)17(22,11-21-8-7-20-12-21)14-4-2-6-16(19)10-14/h1-10,12,22H,11H2. The van der Waals surface area contributed by atoms with Crippen molar-refractivity contribution in [2.75, 3.05) is 0 Å². The highest BCUT2D eigenvalue weighted by atomic mass is 35.5. The van der Waals surface area contributed by atoms with Gasteiger partial charge in [-0.2, -0.15) is 0 Å². The molecule has 3 rings (SSSR count). The summed E-state index contributed by atoms with van der Waals surface area (Å²) in [5.74, 6) is 0. The number of benzene rings is 2. The van der Waals surface area contributed by atoms with E-state index in [9.17, 15) is 5.11 Å². The summed E-state index contributed by atoms with van der Waals surface area (Å²) in [6.07, 6.45) is 5.15. The monoisotopic (exact) mass is 332 g/mol. The van der Waals surface area contributed by atoms with E-state index in [0.717, 1.165) is 0 Å². The number of aliphatic hydroxyl groups is 1. The van der Waals surface area contributed by atoms with Crippen LogP contribution in [-0.4, -0.2) is 14.7 Å². The first-order chi connectivity index (χ1) is 10.6. The zero-order chi connectivity index (χ0) is 15.6. The van der Waals surface area contributed by atoms with E-state index >= 15 is 0 Å². The lowest BCUT2D eigenvalue weighted by molar-refractivity contribution is 0.0612. The van der Waals surface area contributed by atoms with Crippen LogP contribution >= 0.6 is 23.2 Å². The molecule has 0 radical (unpaired) electrons. The van der Waals surface area contributed by atoms with Crippen LogP contribution in [-0.2, 0) is 12.1 Å². The molecule has 0 fully saturated rings. The molecule has 0 unspecified atom stereocenters. The van der Waals surface area contributed by atoms with Crippen molar-refractivity contribution in [1.82, 2.24) is 9.55 Å². The molecule has 0 aliphatic rings. The first kappa shape index (κ1) is 15.1. The molecular formula is C17H14Cl2N2O. The maximum atomic E-state index is 11.4. The SMILES string of the molecule is OC(Cn1ccnc1)(c1cccc(Cl)c1)c1cccc(Cl)c1. The topological polar surface area (TPSA) is 38.0 Å². The van der Waals surface area contributed by atoms with E-state index in [1.807, 2.05) is 28.8 Å². The Morgan fingerprint density at radius 2 is 1.59 bits per heavy atom. The van der Waals surface area contributed by atoms with Gasteiger partial charge in [0, 0.05) is 22.4 Å². The Hall–Kier alpha value is -1.81. The molecule has 2 aromatic carbocycles. The highest BCUT2D eigenvalue weighted by Gasteiger charge is 2.32. The average molecular weight is 333 g/mol. The van der Waals surface area contributed by atoms with Crippen molar-refractivity contribution >= 4 is 23.2 Å². The summed E-state index contributed by atoms with van der Waals surface area (Å²) in [5, 5.41) is 12.6. The zero-order valence-electron chi connectivity index (χ0n) is 11.7. The molecule has 0 bridgehead atoms. The summed E-state index contributed by atoms with van der Waals surface area (Å²) in [5.41, 5.74) is 0.156. The van der Waals surface area contributed by atoms with Crippen molar-refractivity contribution in [3.8, 4) is 0 Å². The molecule has 0 aliphatic heterocycles. The fourth-order valence-electron chi connectivity index (χ4n) is 2.49. The molecule has 1 heterocycles. The largest absolute Gasteiger partial charge is 0.378 e. The number of nitrogens with zero attached hydrogens (tertiary/aromatic N) is 2. The number of halogens is 2. The Morgan fingerprint density at radius 3 is 2.05 bits per heavy atom. The fraction of sp³-hybridized carbons (Fsp3) is 0.118. The Kier molecular flexibility index (Phi) is 4.21. The molecule has 3 nitrogen and oxygen atoms in total. The van der Waals surface area contributed by atoms with Crippen molar-refractivity contribution in [3.05, 3.63) is 88.4 Å². The molecular weight excluding hydrogens is 319 g/mol. The van der Waals surface area contributed by atoms with Gasteiger partial charge in [0.15, 0.2) is 0 Å². The maximum Gasteiger partial charge on any atom is 0.133 e. The third-order valence-corrected chi connectivity index (χ3v) is 4.05. The summed E-state index contributed by atoms with van der Waals surface area (Å²) >= 11 is 12.2. The van der Waals surface area contributed by atoms with Crippen LogP contribution in [0.3, 0.4) is 0 Å². The summed E-state index contributed by atoms with van der Waals surface area (Å²) in [6.45, 7) is 0.313. The van der Waals surface area contributed by atoms with Crippen molar-refractivity contribution < 1.29 is 5.11 Å². The Balaban J connectivity index is 2.13. The summed E-state index contributed by atoms with van der Waals surface area (Å²) in [6, 6.07) is 14.4. The van der Waals surface area contributed by atoms with Gasteiger partial charge in [-0.3, -0.25) is 0 Å². The van der Waals surface area contributed by atoms with Crippen LogP contribution in [0.1, 0.15) is 11.1 Å². The number of imidazole rings is 1. The van der Waals surface area contributed by atoms with E-state index in [1.54, 1.807) is 43.0 Å². The molecule has 1 N–H and O–H groups in total. The van der Waals surface area contributed by atoms with E-state index in [1.165, 1.54) is 0 Å². The molecule has 1 aromatic heterocycles. The first-order valence-corrected chi connectivity index (χ1v) is 7.54. The van der Waals surface area contributed by atoms with E-state index in [-0.39, 0.29) is 0 Å². The van der Waals surface area contributed by atoms with E-state index in [4.69, 9.17) is 23.2 Å². The zero-order valence-corrected chi connectivity index (χ0v) is 13.2. The van der Waals surface area contributed by atoms with Gasteiger partial charge in [-0.1, -0.05) is 47.5 Å². The molecule has 112 valence electrons. The fourth-order valence-corrected chi connectivity index (χ4v) is 2.87. The molecule has 22 heavy (non-hydrogen) atoms. The van der Waals surface area contributed by atoms with E-state index in [0.29, 0.717) is 27.7 Å². The van der Waals surface area contributed by atoms with Crippen LogP contribution in [0, 0.1) is 0 Å². The average Bonchev–Trinajstić information content (AvgIpc) is 3.00. The Labute approximate surface area is 138 Å². The van der Waals surface area contributed by atoms with Crippen molar-refractivity contribution in [1.29, 1.82) is 0 Å². The van der Waals surface area contributed by atoms with Gasteiger partial charge in [-0.05, 0) is 35.4 Å². The number of rotatable bonds is 4. The molecule has 0 saturated heterocycles. The Bertz CT molecular complexity index is 726. The molecule has 3 aromatic rings. The highest BCUT2D eigenvalue weighted by molar-refractivity contribution is 6.31. The predicted octanol–water partition coefficient (Wildman–Crippen LogP) is 4.13. The van der Waals surface area contributed by atoms with Gasteiger partial charge in [-0.15, -0.1) is 0 Å². The van der Waals surface area contributed by atoms with E-state index < -0.39 is 5.60 Å².